The van der Waals surface area contributed by atoms with Gasteiger partial charge in [-0.05, 0) is 18.2 Å². The average Bonchev–Trinajstić information content (AvgIpc) is 2.77. The number of ketones is 1. The van der Waals surface area contributed by atoms with Crippen LogP contribution in [0.5, 0.6) is 0 Å². The van der Waals surface area contributed by atoms with E-state index in [-0.39, 0.29) is 15.8 Å². The van der Waals surface area contributed by atoms with E-state index in [1.54, 1.807) is 18.5 Å². The Kier molecular flexibility index (Phi) is 2.90. The van der Waals surface area contributed by atoms with E-state index < -0.39 is 0 Å². The third-order valence-electron chi connectivity index (χ3n) is 2.18. The number of anilines is 1. The Hall–Kier alpha value is -1.45. The van der Waals surface area contributed by atoms with Crippen molar-refractivity contribution in [3.63, 3.8) is 0 Å². The Morgan fingerprint density at radius 2 is 2.00 bits per heavy atom. The number of nitrogens with two attached hydrogens (primary N) is 1. The minimum atomic E-state index is -0.147. The van der Waals surface area contributed by atoms with Crippen molar-refractivity contribution in [3.05, 3.63) is 51.8 Å². The fourth-order valence-electron chi connectivity index (χ4n) is 1.37. The first-order chi connectivity index (χ1) is 7.59. The highest BCUT2D eigenvalue weighted by molar-refractivity contribution is 6.44. The van der Waals surface area contributed by atoms with Gasteiger partial charge in [0.05, 0.1) is 15.7 Å². The van der Waals surface area contributed by atoms with Crippen LogP contribution in [0.4, 0.5) is 5.69 Å². The molecule has 5 heteroatoms. The van der Waals surface area contributed by atoms with Crippen LogP contribution in [0.15, 0.2) is 30.6 Å². The number of hydrogen-bond donors (Lipinski definition) is 2. The smallest absolute Gasteiger partial charge is 0.194 e. The van der Waals surface area contributed by atoms with Gasteiger partial charge in [-0.2, -0.15) is 0 Å². The summed E-state index contributed by atoms with van der Waals surface area (Å²) >= 11 is 11.7. The molecule has 0 fully saturated rings. The fourth-order valence-corrected chi connectivity index (χ4v) is 1.71. The highest BCUT2D eigenvalue weighted by Gasteiger charge is 2.13. The van der Waals surface area contributed by atoms with Gasteiger partial charge in [0.25, 0.3) is 0 Å². The molecule has 0 aliphatic rings. The third-order valence-corrected chi connectivity index (χ3v) is 3.00. The van der Waals surface area contributed by atoms with E-state index in [1.807, 2.05) is 0 Å². The van der Waals surface area contributed by atoms with E-state index in [2.05, 4.69) is 4.98 Å². The molecule has 0 aliphatic heterocycles. The van der Waals surface area contributed by atoms with Crippen LogP contribution < -0.4 is 5.73 Å². The minimum Gasteiger partial charge on any atom is -0.397 e. The molecule has 3 N–H and O–H groups in total. The van der Waals surface area contributed by atoms with Gasteiger partial charge in [0.2, 0.25) is 0 Å². The molecule has 1 aromatic heterocycles. The summed E-state index contributed by atoms with van der Waals surface area (Å²) in [4.78, 5) is 14.8. The van der Waals surface area contributed by atoms with Gasteiger partial charge < -0.3 is 10.7 Å². The second-order valence-electron chi connectivity index (χ2n) is 3.29. The van der Waals surface area contributed by atoms with Crippen LogP contribution in [-0.2, 0) is 0 Å². The summed E-state index contributed by atoms with van der Waals surface area (Å²) in [6, 6.07) is 4.71. The van der Waals surface area contributed by atoms with Gasteiger partial charge in [0, 0.05) is 23.5 Å². The molecule has 0 saturated heterocycles. The lowest BCUT2D eigenvalue weighted by atomic mass is 10.1. The normalized spacial score (nSPS) is 10.4. The topological polar surface area (TPSA) is 58.9 Å². The van der Waals surface area contributed by atoms with Crippen LogP contribution in [-0.4, -0.2) is 10.8 Å². The van der Waals surface area contributed by atoms with Crippen molar-refractivity contribution < 1.29 is 4.79 Å². The van der Waals surface area contributed by atoms with Crippen molar-refractivity contribution in [2.24, 2.45) is 0 Å². The number of carbonyl (C=O) groups excluding carboxylic acids is 1. The molecule has 1 heterocycles. The predicted molar refractivity (Wildman–Crippen MR) is 65.1 cm³/mol. The van der Waals surface area contributed by atoms with Gasteiger partial charge in [0.15, 0.2) is 5.78 Å². The van der Waals surface area contributed by atoms with Gasteiger partial charge in [0.1, 0.15) is 0 Å². The van der Waals surface area contributed by atoms with E-state index in [4.69, 9.17) is 28.9 Å². The largest absolute Gasteiger partial charge is 0.397 e. The molecule has 0 saturated carbocycles. The van der Waals surface area contributed by atoms with E-state index >= 15 is 0 Å². The van der Waals surface area contributed by atoms with Gasteiger partial charge in [-0.3, -0.25) is 4.79 Å². The molecule has 1 aromatic carbocycles. The van der Waals surface area contributed by atoms with Crippen LogP contribution in [0.2, 0.25) is 10.0 Å². The lowest BCUT2D eigenvalue weighted by Gasteiger charge is -2.04. The second kappa shape index (κ2) is 4.20. The zero-order valence-electron chi connectivity index (χ0n) is 8.13. The number of carbonyl (C=O) groups is 1. The highest BCUT2D eigenvalue weighted by Crippen LogP contribution is 2.30. The number of benzene rings is 1. The summed E-state index contributed by atoms with van der Waals surface area (Å²) in [5.41, 5.74) is 6.91. The molecule has 0 spiro atoms. The molecule has 2 aromatic rings. The van der Waals surface area contributed by atoms with Gasteiger partial charge in [-0.1, -0.05) is 23.2 Å². The summed E-state index contributed by atoms with van der Waals surface area (Å²) in [5, 5.41) is 0.549. The second-order valence-corrected chi connectivity index (χ2v) is 4.08. The van der Waals surface area contributed by atoms with Gasteiger partial charge in [-0.25, -0.2) is 0 Å². The van der Waals surface area contributed by atoms with Crippen molar-refractivity contribution in [2.45, 2.75) is 0 Å². The molecule has 0 unspecified atom stereocenters. The maximum Gasteiger partial charge on any atom is 0.194 e. The maximum absolute atomic E-state index is 11.9. The van der Waals surface area contributed by atoms with E-state index in [9.17, 15) is 4.79 Å². The van der Waals surface area contributed by atoms with Crippen LogP contribution in [0.1, 0.15) is 15.9 Å². The predicted octanol–water partition coefficient (Wildman–Crippen LogP) is 3.13. The minimum absolute atomic E-state index is 0.147. The molecule has 0 aliphatic carbocycles. The van der Waals surface area contributed by atoms with Crippen molar-refractivity contribution in [1.82, 2.24) is 4.98 Å². The molecule has 0 atom stereocenters. The lowest BCUT2D eigenvalue weighted by Crippen LogP contribution is -2.01. The Labute approximate surface area is 102 Å². The number of hydrogen-bond acceptors (Lipinski definition) is 2. The molecule has 0 amide bonds. The van der Waals surface area contributed by atoms with Crippen LogP contribution in [0, 0.1) is 0 Å². The summed E-state index contributed by atoms with van der Waals surface area (Å²) in [7, 11) is 0. The maximum atomic E-state index is 11.9. The first kappa shape index (κ1) is 11.0. The van der Waals surface area contributed by atoms with E-state index in [0.29, 0.717) is 16.8 Å². The Morgan fingerprint density at radius 1 is 1.25 bits per heavy atom. The monoisotopic (exact) mass is 254 g/mol. The molecule has 0 radical (unpaired) electrons. The lowest BCUT2D eigenvalue weighted by molar-refractivity contribution is 0.103. The molecule has 82 valence electrons. The zero-order valence-corrected chi connectivity index (χ0v) is 9.64. The van der Waals surface area contributed by atoms with Crippen LogP contribution in [0.25, 0.3) is 0 Å². The third kappa shape index (κ3) is 1.92. The summed E-state index contributed by atoms with van der Waals surface area (Å²) in [6.07, 6.45) is 3.29. The fraction of sp³-hybridized carbons (Fsp3) is 0. The average molecular weight is 255 g/mol. The van der Waals surface area contributed by atoms with Crippen molar-refractivity contribution in [1.29, 1.82) is 0 Å². The van der Waals surface area contributed by atoms with E-state index in [1.165, 1.54) is 12.1 Å². The Morgan fingerprint density at radius 3 is 2.56 bits per heavy atom. The summed E-state index contributed by atoms with van der Waals surface area (Å²) in [6.45, 7) is 0. The first-order valence-electron chi connectivity index (χ1n) is 4.51. The first-order valence-corrected chi connectivity index (χ1v) is 5.27. The van der Waals surface area contributed by atoms with Gasteiger partial charge in [-0.15, -0.1) is 0 Å². The molecule has 0 bridgehead atoms. The quantitative estimate of drug-likeness (QED) is 0.639. The van der Waals surface area contributed by atoms with Gasteiger partial charge >= 0.3 is 0 Å². The molecule has 3 nitrogen and oxygen atoms in total. The van der Waals surface area contributed by atoms with Crippen LogP contribution >= 0.6 is 23.2 Å². The highest BCUT2D eigenvalue weighted by atomic mass is 35.5. The number of nitrogens with one attached hydrogen (secondary N) is 1. The summed E-state index contributed by atoms with van der Waals surface area (Å²) in [5.74, 6) is -0.147. The Balaban J connectivity index is 2.46. The van der Waals surface area contributed by atoms with Crippen molar-refractivity contribution in [2.75, 3.05) is 5.73 Å². The number of H-pyrrole nitrogens is 1. The Bertz CT molecular complexity index is 512. The SMILES string of the molecule is Nc1cc(C(=O)c2cc[nH]c2)cc(Cl)c1Cl. The molecular formula is C11H8Cl2N2O. The number of halogens is 2. The molecular weight excluding hydrogens is 247 g/mol. The van der Waals surface area contributed by atoms with E-state index in [0.717, 1.165) is 0 Å². The van der Waals surface area contributed by atoms with Crippen LogP contribution in [0.3, 0.4) is 0 Å². The number of aromatic amines is 1. The molecule has 2 rings (SSSR count). The number of aromatic nitrogens is 1. The molecule has 16 heavy (non-hydrogen) atoms. The van der Waals surface area contributed by atoms with Crippen molar-refractivity contribution >= 4 is 34.7 Å². The summed E-state index contributed by atoms with van der Waals surface area (Å²) < 4.78 is 0. The number of nitrogen functional groups attached to an aromatic ring is 1. The zero-order chi connectivity index (χ0) is 11.7. The van der Waals surface area contributed by atoms with Crippen molar-refractivity contribution in [3.8, 4) is 0 Å². The number of rotatable bonds is 2. The standard InChI is InChI=1S/C11H8Cl2N2O/c12-8-3-7(4-9(14)10(8)13)11(16)6-1-2-15-5-6/h1-5,15H,14H2.